The minimum absolute atomic E-state index is 0.0264. The summed E-state index contributed by atoms with van der Waals surface area (Å²) in [6, 6.07) is 6.66. The zero-order chi connectivity index (χ0) is 13.7. The van der Waals surface area contributed by atoms with Crippen LogP contribution in [0.15, 0.2) is 30.4 Å². The summed E-state index contributed by atoms with van der Waals surface area (Å²) < 4.78 is 5.51. The lowest BCUT2D eigenvalue weighted by molar-refractivity contribution is 0.255. The molecule has 104 valence electrons. The Balaban J connectivity index is 2.08. The fourth-order valence-electron chi connectivity index (χ4n) is 2.57. The smallest absolute Gasteiger partial charge is 0.124 e. The van der Waals surface area contributed by atoms with Crippen LogP contribution in [0.3, 0.4) is 0 Å². The summed E-state index contributed by atoms with van der Waals surface area (Å²) in [7, 11) is 0. The van der Waals surface area contributed by atoms with Crippen LogP contribution < -0.4 is 4.74 Å². The van der Waals surface area contributed by atoms with E-state index in [1.54, 1.807) is 0 Å². The summed E-state index contributed by atoms with van der Waals surface area (Å²) in [6.07, 6.45) is 5.65. The van der Waals surface area contributed by atoms with Gasteiger partial charge in [-0.1, -0.05) is 25.1 Å². The third-order valence-corrected chi connectivity index (χ3v) is 3.57. The van der Waals surface area contributed by atoms with Crippen LogP contribution in [0.5, 0.6) is 5.75 Å². The molecular formula is C16H23NO2. The Hall–Kier alpha value is -1.32. The molecule has 1 aromatic carbocycles. The molecule has 0 amide bonds. The van der Waals surface area contributed by atoms with Gasteiger partial charge in [0.15, 0.2) is 0 Å². The Labute approximate surface area is 115 Å². The fourth-order valence-corrected chi connectivity index (χ4v) is 2.57. The van der Waals surface area contributed by atoms with Gasteiger partial charge in [0.1, 0.15) is 5.75 Å². The number of hydrogen-bond donors (Lipinski definition) is 1. The summed E-state index contributed by atoms with van der Waals surface area (Å²) >= 11 is 0. The average Bonchev–Trinajstić information content (AvgIpc) is 2.88. The van der Waals surface area contributed by atoms with E-state index in [0.717, 1.165) is 30.8 Å². The van der Waals surface area contributed by atoms with Crippen molar-refractivity contribution in [2.45, 2.75) is 39.5 Å². The maximum Gasteiger partial charge on any atom is 0.124 e. The zero-order valence-corrected chi connectivity index (χ0v) is 11.8. The molecule has 1 aliphatic heterocycles. The first-order valence-electron chi connectivity index (χ1n) is 7.04. The van der Waals surface area contributed by atoms with E-state index in [1.165, 1.54) is 5.56 Å². The van der Waals surface area contributed by atoms with Gasteiger partial charge in [-0.3, -0.25) is 4.90 Å². The van der Waals surface area contributed by atoms with Gasteiger partial charge in [-0.2, -0.15) is 0 Å². The molecule has 0 radical (unpaired) electrons. The average molecular weight is 261 g/mol. The van der Waals surface area contributed by atoms with Crippen LogP contribution in [0.2, 0.25) is 0 Å². The lowest BCUT2D eigenvalue weighted by Crippen LogP contribution is -2.28. The molecule has 2 rings (SSSR count). The molecule has 1 aliphatic rings. The van der Waals surface area contributed by atoms with Gasteiger partial charge in [0.2, 0.25) is 0 Å². The van der Waals surface area contributed by atoms with Crippen LogP contribution in [0.1, 0.15) is 31.4 Å². The van der Waals surface area contributed by atoms with Crippen LogP contribution >= 0.6 is 0 Å². The normalized spacial score (nSPS) is 19.0. The molecule has 1 unspecified atom stereocenters. The molecule has 3 nitrogen and oxygen atoms in total. The molecular weight excluding hydrogens is 238 g/mol. The second kappa shape index (κ2) is 6.73. The van der Waals surface area contributed by atoms with Crippen molar-refractivity contribution in [1.82, 2.24) is 4.90 Å². The second-order valence-electron chi connectivity index (χ2n) is 4.87. The lowest BCUT2D eigenvalue weighted by atomic mass is 10.1. The zero-order valence-electron chi connectivity index (χ0n) is 11.8. The fraction of sp³-hybridized carbons (Fsp3) is 0.500. The Morgan fingerprint density at radius 1 is 1.37 bits per heavy atom. The molecule has 0 saturated heterocycles. The highest BCUT2D eigenvalue weighted by Crippen LogP contribution is 2.23. The number of benzene rings is 1. The predicted molar refractivity (Wildman–Crippen MR) is 77.2 cm³/mol. The van der Waals surface area contributed by atoms with Crippen molar-refractivity contribution in [3.63, 3.8) is 0 Å². The molecule has 3 heteroatoms. The standard InChI is InChI=1S/C16H23NO2/c1-3-15-6-5-9-17(15)11-13-7-8-16(19-4-2)14(10-13)12-18/h5-8,10,15,18H,3-4,9,11-12H2,1-2H3. The highest BCUT2D eigenvalue weighted by Gasteiger charge is 2.18. The van der Waals surface area contributed by atoms with Gasteiger partial charge in [0.05, 0.1) is 13.2 Å². The summed E-state index contributed by atoms with van der Waals surface area (Å²) in [5.41, 5.74) is 2.11. The second-order valence-corrected chi connectivity index (χ2v) is 4.87. The van der Waals surface area contributed by atoms with Gasteiger partial charge in [-0.25, -0.2) is 0 Å². The van der Waals surface area contributed by atoms with Crippen molar-refractivity contribution in [2.24, 2.45) is 0 Å². The third-order valence-electron chi connectivity index (χ3n) is 3.57. The summed E-state index contributed by atoms with van der Waals surface area (Å²) in [5.74, 6) is 0.792. The highest BCUT2D eigenvalue weighted by atomic mass is 16.5. The van der Waals surface area contributed by atoms with Crippen LogP contribution in [-0.4, -0.2) is 29.2 Å². The number of aliphatic hydroxyl groups excluding tert-OH is 1. The predicted octanol–water partition coefficient (Wildman–Crippen LogP) is 2.73. The van der Waals surface area contributed by atoms with E-state index in [4.69, 9.17) is 4.74 Å². The van der Waals surface area contributed by atoms with Crippen molar-refractivity contribution in [3.05, 3.63) is 41.5 Å². The molecule has 1 atom stereocenters. The third kappa shape index (κ3) is 3.37. The minimum Gasteiger partial charge on any atom is -0.494 e. The maximum absolute atomic E-state index is 9.42. The summed E-state index contributed by atoms with van der Waals surface area (Å²) in [4.78, 5) is 2.44. The van der Waals surface area contributed by atoms with Crippen molar-refractivity contribution >= 4 is 0 Å². The number of nitrogens with zero attached hydrogens (tertiary/aromatic N) is 1. The van der Waals surface area contributed by atoms with E-state index in [-0.39, 0.29) is 6.61 Å². The van der Waals surface area contributed by atoms with E-state index < -0.39 is 0 Å². The Kier molecular flexibility index (Phi) is 5.00. The van der Waals surface area contributed by atoms with E-state index in [2.05, 4.69) is 36.1 Å². The molecule has 1 heterocycles. The quantitative estimate of drug-likeness (QED) is 0.799. The first kappa shape index (κ1) is 14.1. The molecule has 19 heavy (non-hydrogen) atoms. The van der Waals surface area contributed by atoms with Crippen LogP contribution in [0.25, 0.3) is 0 Å². The molecule has 0 spiro atoms. The minimum atomic E-state index is 0.0264. The number of hydrogen-bond acceptors (Lipinski definition) is 3. The van der Waals surface area contributed by atoms with Gasteiger partial charge in [-0.05, 0) is 31.0 Å². The Morgan fingerprint density at radius 2 is 2.21 bits per heavy atom. The molecule has 0 bridgehead atoms. The topological polar surface area (TPSA) is 32.7 Å². The van der Waals surface area contributed by atoms with E-state index in [9.17, 15) is 5.11 Å². The largest absolute Gasteiger partial charge is 0.494 e. The van der Waals surface area contributed by atoms with Gasteiger partial charge in [0, 0.05) is 24.7 Å². The van der Waals surface area contributed by atoms with Gasteiger partial charge < -0.3 is 9.84 Å². The SMILES string of the molecule is CCOc1ccc(CN2CC=CC2CC)cc1CO. The summed E-state index contributed by atoms with van der Waals surface area (Å²) in [6.45, 7) is 6.76. The molecule has 0 saturated carbocycles. The van der Waals surface area contributed by atoms with E-state index in [0.29, 0.717) is 12.6 Å². The molecule has 1 N–H and O–H groups in total. The first-order valence-corrected chi connectivity index (χ1v) is 7.04. The van der Waals surface area contributed by atoms with E-state index in [1.807, 2.05) is 13.0 Å². The Morgan fingerprint density at radius 3 is 2.89 bits per heavy atom. The molecule has 0 fully saturated rings. The van der Waals surface area contributed by atoms with Crippen molar-refractivity contribution in [1.29, 1.82) is 0 Å². The van der Waals surface area contributed by atoms with Crippen molar-refractivity contribution < 1.29 is 9.84 Å². The van der Waals surface area contributed by atoms with Gasteiger partial charge in [-0.15, -0.1) is 0 Å². The Bertz CT molecular complexity index is 442. The molecule has 0 aromatic heterocycles. The van der Waals surface area contributed by atoms with E-state index >= 15 is 0 Å². The van der Waals surface area contributed by atoms with Crippen LogP contribution in [0, 0.1) is 0 Å². The van der Waals surface area contributed by atoms with Gasteiger partial charge in [0.25, 0.3) is 0 Å². The van der Waals surface area contributed by atoms with Crippen molar-refractivity contribution in [3.8, 4) is 5.75 Å². The number of ether oxygens (including phenoxy) is 1. The molecule has 1 aromatic rings. The first-order chi connectivity index (χ1) is 9.28. The van der Waals surface area contributed by atoms with Crippen molar-refractivity contribution in [2.75, 3.05) is 13.2 Å². The lowest BCUT2D eigenvalue weighted by Gasteiger charge is -2.23. The molecule has 0 aliphatic carbocycles. The van der Waals surface area contributed by atoms with Crippen LogP contribution in [0.4, 0.5) is 0 Å². The maximum atomic E-state index is 9.42. The summed E-state index contributed by atoms with van der Waals surface area (Å²) in [5, 5.41) is 9.42. The number of rotatable bonds is 6. The number of aliphatic hydroxyl groups is 1. The van der Waals surface area contributed by atoms with Crippen LogP contribution in [-0.2, 0) is 13.2 Å². The monoisotopic (exact) mass is 261 g/mol. The highest BCUT2D eigenvalue weighted by molar-refractivity contribution is 5.37. The van der Waals surface area contributed by atoms with Gasteiger partial charge >= 0.3 is 0 Å².